The number of hydrogen-bond acceptors (Lipinski definition) is 3. The molecule has 0 saturated carbocycles. The van der Waals surface area contributed by atoms with E-state index in [4.69, 9.17) is 0 Å². The molecule has 0 aliphatic carbocycles. The van der Waals surface area contributed by atoms with Gasteiger partial charge in [-0.1, -0.05) is 17.7 Å². The number of carbonyl (C=O) groups excluding carboxylic acids is 1. The molecule has 0 N–H and O–H groups in total. The van der Waals surface area contributed by atoms with Crippen LogP contribution in [0.1, 0.15) is 40.7 Å². The number of aryl methyl sites for hydroxylation is 2. The average molecular weight is 463 g/mol. The van der Waals surface area contributed by atoms with Gasteiger partial charge in [-0.05, 0) is 78.4 Å². The van der Waals surface area contributed by atoms with Crippen molar-refractivity contribution >= 4 is 37.5 Å². The highest BCUT2D eigenvalue weighted by atomic mass is 79.9. The number of amides is 1. The van der Waals surface area contributed by atoms with E-state index in [0.717, 1.165) is 36.9 Å². The number of rotatable bonds is 3. The van der Waals surface area contributed by atoms with Gasteiger partial charge in [-0.3, -0.25) is 4.79 Å². The Labute approximate surface area is 174 Å². The molecular formula is C21H23BrN2O3S. The number of anilines is 1. The zero-order chi connectivity index (χ0) is 19.9. The second kappa shape index (κ2) is 7.61. The first-order valence-electron chi connectivity index (χ1n) is 9.59. The molecule has 7 heteroatoms. The molecule has 0 atom stereocenters. The number of nitrogens with zero attached hydrogens (tertiary/aromatic N) is 2. The molecule has 2 heterocycles. The van der Waals surface area contributed by atoms with Crippen molar-refractivity contribution in [2.75, 3.05) is 24.5 Å². The summed E-state index contributed by atoms with van der Waals surface area (Å²) in [6.45, 7) is 3.76. The Morgan fingerprint density at radius 1 is 1.00 bits per heavy atom. The van der Waals surface area contributed by atoms with E-state index in [1.807, 2.05) is 19.1 Å². The van der Waals surface area contributed by atoms with Gasteiger partial charge in [-0.15, -0.1) is 0 Å². The molecule has 0 aromatic heterocycles. The Morgan fingerprint density at radius 2 is 1.75 bits per heavy atom. The molecule has 0 radical (unpaired) electrons. The fourth-order valence-electron chi connectivity index (χ4n) is 3.99. The maximum absolute atomic E-state index is 13.4. The molecule has 0 bridgehead atoms. The minimum Gasteiger partial charge on any atom is -0.308 e. The number of sulfonamides is 1. The molecule has 2 aliphatic heterocycles. The zero-order valence-electron chi connectivity index (χ0n) is 15.8. The molecule has 1 fully saturated rings. The number of hydrogen-bond donors (Lipinski definition) is 0. The van der Waals surface area contributed by atoms with E-state index in [9.17, 15) is 13.2 Å². The molecule has 148 valence electrons. The Bertz CT molecular complexity index is 1030. The zero-order valence-corrected chi connectivity index (χ0v) is 18.2. The highest BCUT2D eigenvalue weighted by Crippen LogP contribution is 2.32. The molecule has 1 amide bonds. The van der Waals surface area contributed by atoms with E-state index in [2.05, 4.69) is 22.0 Å². The number of carbonyl (C=O) groups is 1. The van der Waals surface area contributed by atoms with Gasteiger partial charge in [0.1, 0.15) is 0 Å². The van der Waals surface area contributed by atoms with Crippen LogP contribution in [0, 0.1) is 6.92 Å². The molecule has 1 saturated heterocycles. The summed E-state index contributed by atoms with van der Waals surface area (Å²) in [5, 5.41) is 0. The summed E-state index contributed by atoms with van der Waals surface area (Å²) < 4.78 is 27.9. The lowest BCUT2D eigenvalue weighted by Gasteiger charge is -2.30. The Hall–Kier alpha value is -1.70. The summed E-state index contributed by atoms with van der Waals surface area (Å²) in [4.78, 5) is 15.3. The van der Waals surface area contributed by atoms with Crippen LogP contribution >= 0.6 is 15.9 Å². The van der Waals surface area contributed by atoms with E-state index in [-0.39, 0.29) is 10.8 Å². The van der Waals surface area contributed by atoms with Crippen LogP contribution in [0.15, 0.2) is 45.8 Å². The smallest absolute Gasteiger partial charge is 0.259 e. The summed E-state index contributed by atoms with van der Waals surface area (Å²) in [5.74, 6) is -0.171. The molecule has 4 rings (SSSR count). The van der Waals surface area contributed by atoms with Gasteiger partial charge >= 0.3 is 0 Å². The monoisotopic (exact) mass is 462 g/mol. The third-order valence-electron chi connectivity index (χ3n) is 5.47. The van der Waals surface area contributed by atoms with Gasteiger partial charge in [0, 0.05) is 29.8 Å². The minimum atomic E-state index is -3.57. The Morgan fingerprint density at radius 3 is 2.50 bits per heavy atom. The third kappa shape index (κ3) is 3.51. The van der Waals surface area contributed by atoms with E-state index < -0.39 is 10.0 Å². The first-order chi connectivity index (χ1) is 13.4. The van der Waals surface area contributed by atoms with E-state index >= 15 is 0 Å². The van der Waals surface area contributed by atoms with Crippen molar-refractivity contribution in [1.29, 1.82) is 0 Å². The maximum atomic E-state index is 13.4. The second-order valence-electron chi connectivity index (χ2n) is 7.45. The topological polar surface area (TPSA) is 57.7 Å². The normalized spacial score (nSPS) is 17.6. The van der Waals surface area contributed by atoms with E-state index in [1.54, 1.807) is 17.0 Å². The van der Waals surface area contributed by atoms with E-state index in [1.165, 1.54) is 15.9 Å². The molecule has 0 spiro atoms. The SMILES string of the molecule is Cc1ccc2c(c1)CCCN2C(=O)c1cc(S(=O)(=O)N2CCCC2)ccc1Br. The summed E-state index contributed by atoms with van der Waals surface area (Å²) in [7, 11) is -3.57. The largest absolute Gasteiger partial charge is 0.308 e. The first kappa shape index (κ1) is 19.6. The lowest BCUT2D eigenvalue weighted by molar-refractivity contribution is 0.0984. The van der Waals surface area contributed by atoms with Crippen molar-refractivity contribution in [2.45, 2.75) is 37.5 Å². The standard InChI is InChI=1S/C21H23BrN2O3S/c1-15-6-9-20-16(13-15)5-4-12-24(20)21(25)18-14-17(7-8-19(18)22)28(26,27)23-10-2-3-11-23/h6-9,13-14H,2-5,10-12H2,1H3. The predicted octanol–water partition coefficient (Wildman–Crippen LogP) is 4.14. The molecule has 2 aliphatic rings. The predicted molar refractivity (Wildman–Crippen MR) is 113 cm³/mol. The number of halogens is 1. The summed E-state index contributed by atoms with van der Waals surface area (Å²) in [5.41, 5.74) is 3.64. The van der Waals surface area contributed by atoms with Crippen LogP contribution in [0.4, 0.5) is 5.69 Å². The lowest BCUT2D eigenvalue weighted by Crippen LogP contribution is -2.36. The van der Waals surface area contributed by atoms with Gasteiger partial charge < -0.3 is 4.90 Å². The third-order valence-corrected chi connectivity index (χ3v) is 8.06. The van der Waals surface area contributed by atoms with Gasteiger partial charge in [0.2, 0.25) is 10.0 Å². The van der Waals surface area contributed by atoms with Crippen molar-refractivity contribution in [3.05, 3.63) is 57.6 Å². The molecule has 0 unspecified atom stereocenters. The van der Waals surface area contributed by atoms with Crippen LogP contribution in [-0.2, 0) is 16.4 Å². The van der Waals surface area contributed by atoms with Crippen LogP contribution in [0.2, 0.25) is 0 Å². The molecule has 2 aromatic rings. The second-order valence-corrected chi connectivity index (χ2v) is 10.2. The highest BCUT2D eigenvalue weighted by molar-refractivity contribution is 9.10. The van der Waals surface area contributed by atoms with Crippen LogP contribution in [-0.4, -0.2) is 38.3 Å². The van der Waals surface area contributed by atoms with Crippen molar-refractivity contribution < 1.29 is 13.2 Å². The minimum absolute atomic E-state index is 0.171. The van der Waals surface area contributed by atoms with Crippen LogP contribution in [0.3, 0.4) is 0 Å². The van der Waals surface area contributed by atoms with Gasteiger partial charge in [-0.25, -0.2) is 8.42 Å². The van der Waals surface area contributed by atoms with Crippen LogP contribution in [0.5, 0.6) is 0 Å². The van der Waals surface area contributed by atoms with Crippen molar-refractivity contribution in [1.82, 2.24) is 4.31 Å². The molecule has 5 nitrogen and oxygen atoms in total. The highest BCUT2D eigenvalue weighted by Gasteiger charge is 2.30. The van der Waals surface area contributed by atoms with Crippen molar-refractivity contribution in [3.63, 3.8) is 0 Å². The van der Waals surface area contributed by atoms with Gasteiger partial charge in [0.25, 0.3) is 5.91 Å². The Kier molecular flexibility index (Phi) is 5.33. The first-order valence-corrected chi connectivity index (χ1v) is 11.8. The van der Waals surface area contributed by atoms with Gasteiger partial charge in [0.15, 0.2) is 0 Å². The summed E-state index contributed by atoms with van der Waals surface area (Å²) in [6, 6.07) is 10.9. The van der Waals surface area contributed by atoms with Crippen molar-refractivity contribution in [3.8, 4) is 0 Å². The fraction of sp³-hybridized carbons (Fsp3) is 0.381. The van der Waals surface area contributed by atoms with Crippen molar-refractivity contribution in [2.24, 2.45) is 0 Å². The van der Waals surface area contributed by atoms with Crippen LogP contribution < -0.4 is 4.90 Å². The van der Waals surface area contributed by atoms with Gasteiger partial charge in [0.05, 0.1) is 10.5 Å². The summed E-state index contributed by atoms with van der Waals surface area (Å²) in [6.07, 6.45) is 3.61. The lowest BCUT2D eigenvalue weighted by atomic mass is 9.99. The fourth-order valence-corrected chi connectivity index (χ4v) is 5.95. The average Bonchev–Trinajstić information content (AvgIpc) is 3.22. The molecular weight excluding hydrogens is 440 g/mol. The van der Waals surface area contributed by atoms with Crippen LogP contribution in [0.25, 0.3) is 0 Å². The molecule has 28 heavy (non-hydrogen) atoms. The maximum Gasteiger partial charge on any atom is 0.259 e. The Balaban J connectivity index is 1.71. The number of fused-ring (bicyclic) bond motifs is 1. The quantitative estimate of drug-likeness (QED) is 0.688. The molecule has 2 aromatic carbocycles. The van der Waals surface area contributed by atoms with Gasteiger partial charge in [-0.2, -0.15) is 4.31 Å². The number of benzene rings is 2. The summed E-state index contributed by atoms with van der Waals surface area (Å²) >= 11 is 3.44. The van der Waals surface area contributed by atoms with E-state index in [0.29, 0.717) is 29.7 Å².